The zero-order valence-corrected chi connectivity index (χ0v) is 10.9. The molecule has 0 saturated carbocycles. The summed E-state index contributed by atoms with van der Waals surface area (Å²) in [6.45, 7) is 4.13. The molecule has 16 heavy (non-hydrogen) atoms. The SMILES string of the molecule is CC1CC(Oc2nnc(CCl)s2)CC(C)O1. The second-order valence-electron chi connectivity index (χ2n) is 4.06. The minimum absolute atomic E-state index is 0.176. The smallest absolute Gasteiger partial charge is 0.294 e. The van der Waals surface area contributed by atoms with E-state index in [1.54, 1.807) is 0 Å². The molecule has 2 rings (SSSR count). The molecule has 2 unspecified atom stereocenters. The van der Waals surface area contributed by atoms with Gasteiger partial charge in [-0.2, -0.15) is 0 Å². The first kappa shape index (κ1) is 12.1. The maximum Gasteiger partial charge on any atom is 0.294 e. The van der Waals surface area contributed by atoms with Crippen molar-refractivity contribution in [1.29, 1.82) is 0 Å². The number of rotatable bonds is 3. The Bertz CT molecular complexity index is 337. The first-order valence-corrected chi connectivity index (χ1v) is 6.73. The molecule has 1 saturated heterocycles. The molecule has 0 amide bonds. The van der Waals surface area contributed by atoms with Crippen LogP contribution in [0.15, 0.2) is 0 Å². The predicted octanol–water partition coefficient (Wildman–Crippen LogP) is 2.61. The van der Waals surface area contributed by atoms with Gasteiger partial charge in [0.25, 0.3) is 5.19 Å². The van der Waals surface area contributed by atoms with Crippen LogP contribution in [-0.4, -0.2) is 28.5 Å². The number of nitrogens with zero attached hydrogens (tertiary/aromatic N) is 2. The van der Waals surface area contributed by atoms with Gasteiger partial charge in [0.2, 0.25) is 0 Å². The fourth-order valence-corrected chi connectivity index (χ4v) is 2.74. The van der Waals surface area contributed by atoms with E-state index in [0.717, 1.165) is 17.8 Å². The van der Waals surface area contributed by atoms with E-state index in [1.807, 2.05) is 0 Å². The third-order valence-electron chi connectivity index (χ3n) is 2.48. The molecule has 1 aliphatic heterocycles. The molecule has 0 N–H and O–H groups in total. The van der Waals surface area contributed by atoms with Crippen molar-refractivity contribution < 1.29 is 9.47 Å². The average molecular weight is 263 g/mol. The van der Waals surface area contributed by atoms with E-state index in [-0.39, 0.29) is 18.3 Å². The molecular formula is C10H15ClN2O2S. The maximum atomic E-state index is 5.78. The van der Waals surface area contributed by atoms with Crippen molar-refractivity contribution >= 4 is 22.9 Å². The van der Waals surface area contributed by atoms with Crippen molar-refractivity contribution in [2.75, 3.05) is 0 Å². The zero-order chi connectivity index (χ0) is 11.5. The molecule has 1 aliphatic rings. The van der Waals surface area contributed by atoms with Crippen LogP contribution in [0.5, 0.6) is 5.19 Å². The summed E-state index contributed by atoms with van der Waals surface area (Å²) in [4.78, 5) is 0. The quantitative estimate of drug-likeness (QED) is 0.786. The molecular weight excluding hydrogens is 248 g/mol. The Morgan fingerprint density at radius 3 is 2.62 bits per heavy atom. The Kier molecular flexibility index (Phi) is 4.00. The largest absolute Gasteiger partial charge is 0.465 e. The van der Waals surface area contributed by atoms with Gasteiger partial charge in [0.05, 0.1) is 18.1 Å². The third kappa shape index (κ3) is 3.06. The second-order valence-corrected chi connectivity index (χ2v) is 5.36. The van der Waals surface area contributed by atoms with Crippen LogP contribution in [0.3, 0.4) is 0 Å². The highest BCUT2D eigenvalue weighted by Crippen LogP contribution is 2.26. The number of hydrogen-bond acceptors (Lipinski definition) is 5. The van der Waals surface area contributed by atoms with Crippen LogP contribution in [-0.2, 0) is 10.6 Å². The zero-order valence-electron chi connectivity index (χ0n) is 9.35. The summed E-state index contributed by atoms with van der Waals surface area (Å²) in [6, 6.07) is 0. The van der Waals surface area contributed by atoms with Gasteiger partial charge < -0.3 is 9.47 Å². The van der Waals surface area contributed by atoms with Crippen LogP contribution in [0.25, 0.3) is 0 Å². The van der Waals surface area contributed by atoms with E-state index in [1.165, 1.54) is 11.3 Å². The van der Waals surface area contributed by atoms with Crippen LogP contribution in [0.4, 0.5) is 0 Å². The van der Waals surface area contributed by atoms with Gasteiger partial charge in [-0.3, -0.25) is 0 Å². The molecule has 90 valence electrons. The Hall–Kier alpha value is -0.390. The first-order chi connectivity index (χ1) is 7.67. The van der Waals surface area contributed by atoms with Gasteiger partial charge in [-0.15, -0.1) is 21.8 Å². The van der Waals surface area contributed by atoms with Crippen LogP contribution in [0, 0.1) is 0 Å². The lowest BCUT2D eigenvalue weighted by Crippen LogP contribution is -2.35. The van der Waals surface area contributed by atoms with Gasteiger partial charge in [-0.25, -0.2) is 0 Å². The predicted molar refractivity (Wildman–Crippen MR) is 63.1 cm³/mol. The van der Waals surface area contributed by atoms with Crippen LogP contribution in [0.2, 0.25) is 0 Å². The highest BCUT2D eigenvalue weighted by atomic mass is 35.5. The number of alkyl halides is 1. The Morgan fingerprint density at radius 1 is 1.38 bits per heavy atom. The normalized spacial score (nSPS) is 30.3. The van der Waals surface area contributed by atoms with Crippen molar-refractivity contribution in [3.05, 3.63) is 5.01 Å². The Balaban J connectivity index is 1.93. The minimum atomic E-state index is 0.176. The molecule has 0 bridgehead atoms. The van der Waals surface area contributed by atoms with Crippen LogP contribution >= 0.6 is 22.9 Å². The molecule has 0 aromatic carbocycles. The molecule has 1 aromatic rings. The Morgan fingerprint density at radius 2 is 2.06 bits per heavy atom. The molecule has 2 heterocycles. The highest BCUT2D eigenvalue weighted by Gasteiger charge is 2.26. The monoisotopic (exact) mass is 262 g/mol. The van der Waals surface area contributed by atoms with Gasteiger partial charge >= 0.3 is 0 Å². The fraction of sp³-hybridized carbons (Fsp3) is 0.800. The van der Waals surface area contributed by atoms with Crippen molar-refractivity contribution in [3.8, 4) is 5.19 Å². The molecule has 2 atom stereocenters. The van der Waals surface area contributed by atoms with E-state index >= 15 is 0 Å². The third-order valence-corrected chi connectivity index (χ3v) is 3.71. The topological polar surface area (TPSA) is 44.2 Å². The maximum absolute atomic E-state index is 5.78. The van der Waals surface area contributed by atoms with E-state index in [4.69, 9.17) is 21.1 Å². The van der Waals surface area contributed by atoms with E-state index < -0.39 is 0 Å². The summed E-state index contributed by atoms with van der Waals surface area (Å²) in [7, 11) is 0. The molecule has 0 radical (unpaired) electrons. The molecule has 4 nitrogen and oxygen atoms in total. The highest BCUT2D eigenvalue weighted by molar-refractivity contribution is 7.13. The first-order valence-electron chi connectivity index (χ1n) is 5.38. The molecule has 0 spiro atoms. The lowest BCUT2D eigenvalue weighted by Gasteiger charge is -2.31. The number of hydrogen-bond donors (Lipinski definition) is 0. The standard InChI is InChI=1S/C10H15ClN2O2S/c1-6-3-8(4-7(2)14-6)15-10-13-12-9(5-11)16-10/h6-8H,3-5H2,1-2H3. The van der Waals surface area contributed by atoms with Crippen molar-refractivity contribution in [2.45, 2.75) is 50.9 Å². The van der Waals surface area contributed by atoms with E-state index in [0.29, 0.717) is 11.1 Å². The number of halogens is 1. The van der Waals surface area contributed by atoms with Gasteiger partial charge in [-0.1, -0.05) is 11.3 Å². The molecule has 1 fully saturated rings. The summed E-state index contributed by atoms with van der Waals surface area (Å²) in [5.41, 5.74) is 0. The molecule has 6 heteroatoms. The van der Waals surface area contributed by atoms with Gasteiger partial charge in [-0.05, 0) is 13.8 Å². The van der Waals surface area contributed by atoms with Crippen molar-refractivity contribution in [3.63, 3.8) is 0 Å². The Labute approximate surface area is 104 Å². The van der Waals surface area contributed by atoms with Gasteiger partial charge in [0.15, 0.2) is 0 Å². The van der Waals surface area contributed by atoms with E-state index in [2.05, 4.69) is 24.0 Å². The summed E-state index contributed by atoms with van der Waals surface area (Å²) >= 11 is 7.07. The van der Waals surface area contributed by atoms with Crippen molar-refractivity contribution in [1.82, 2.24) is 10.2 Å². The second kappa shape index (κ2) is 5.29. The lowest BCUT2D eigenvalue weighted by molar-refractivity contribution is -0.0722. The summed E-state index contributed by atoms with van der Waals surface area (Å²) in [5.74, 6) is 0.390. The summed E-state index contributed by atoms with van der Waals surface area (Å²) in [5, 5.41) is 9.28. The number of ether oxygens (including phenoxy) is 2. The molecule has 1 aromatic heterocycles. The summed E-state index contributed by atoms with van der Waals surface area (Å²) < 4.78 is 11.4. The van der Waals surface area contributed by atoms with Crippen LogP contribution in [0.1, 0.15) is 31.7 Å². The summed E-state index contributed by atoms with van der Waals surface area (Å²) in [6.07, 6.45) is 2.47. The van der Waals surface area contributed by atoms with Gasteiger partial charge in [0.1, 0.15) is 11.1 Å². The van der Waals surface area contributed by atoms with Gasteiger partial charge in [0, 0.05) is 12.8 Å². The lowest BCUT2D eigenvalue weighted by atomic mass is 10.0. The molecule has 0 aliphatic carbocycles. The minimum Gasteiger partial charge on any atom is -0.465 e. The van der Waals surface area contributed by atoms with Crippen LogP contribution < -0.4 is 4.74 Å². The van der Waals surface area contributed by atoms with Crippen molar-refractivity contribution in [2.24, 2.45) is 0 Å². The fourth-order valence-electron chi connectivity index (χ4n) is 1.92. The number of aromatic nitrogens is 2. The average Bonchev–Trinajstić information content (AvgIpc) is 2.64. The van der Waals surface area contributed by atoms with E-state index in [9.17, 15) is 0 Å².